The molecule has 0 aliphatic carbocycles. The summed E-state index contributed by atoms with van der Waals surface area (Å²) in [6.07, 6.45) is 9.73. The van der Waals surface area contributed by atoms with Crippen LogP contribution in [0.25, 0.3) is 0 Å². The van der Waals surface area contributed by atoms with Gasteiger partial charge < -0.3 is 4.74 Å². The number of ether oxygens (including phenoxy) is 1. The van der Waals surface area contributed by atoms with E-state index in [1.165, 1.54) is 51.4 Å². The minimum Gasteiger partial charge on any atom is -0.379 e. The molecule has 2 aliphatic heterocycles. The van der Waals surface area contributed by atoms with E-state index in [0.29, 0.717) is 0 Å². The standard InChI is InChI=1S/C29H62N6O/c1-9-15-21-33(22-16-10-2)29(32(19-11-3)20-12-4)28(30(7)8,31(13-5)14-6)18-17-23-35(29)34-24-26-36-27-25-34/h9-27H2,1-8H3. The molecule has 0 aromatic carbocycles. The third-order valence-corrected chi connectivity index (χ3v) is 8.58. The van der Waals surface area contributed by atoms with E-state index in [2.05, 4.69) is 85.3 Å². The molecule has 2 atom stereocenters. The summed E-state index contributed by atoms with van der Waals surface area (Å²) in [6.45, 7) is 25.6. The van der Waals surface area contributed by atoms with Crippen molar-refractivity contribution in [2.75, 3.05) is 86.2 Å². The van der Waals surface area contributed by atoms with E-state index >= 15 is 0 Å². The number of likely N-dealkylation sites (N-methyl/N-ethyl adjacent to an activating group) is 2. The molecule has 0 radical (unpaired) electrons. The van der Waals surface area contributed by atoms with Gasteiger partial charge in [0, 0.05) is 45.8 Å². The van der Waals surface area contributed by atoms with Gasteiger partial charge in [-0.2, -0.15) is 0 Å². The van der Waals surface area contributed by atoms with Crippen LogP contribution >= 0.6 is 0 Å². The molecule has 7 nitrogen and oxygen atoms in total. The summed E-state index contributed by atoms with van der Waals surface area (Å²) in [4.78, 5) is 11.3. The lowest BCUT2D eigenvalue weighted by Crippen LogP contribution is -2.90. The molecule has 0 bridgehead atoms. The number of nitrogens with zero attached hydrogens (tertiary/aromatic N) is 6. The molecule has 0 N–H and O–H groups in total. The van der Waals surface area contributed by atoms with Crippen molar-refractivity contribution in [2.45, 2.75) is 104 Å². The Kier molecular flexibility index (Phi) is 14.2. The zero-order valence-electron chi connectivity index (χ0n) is 25.5. The van der Waals surface area contributed by atoms with Gasteiger partial charge in [0.05, 0.1) is 13.2 Å². The number of unbranched alkanes of at least 4 members (excludes halogenated alkanes) is 2. The molecule has 2 saturated heterocycles. The van der Waals surface area contributed by atoms with Gasteiger partial charge in [-0.05, 0) is 65.7 Å². The van der Waals surface area contributed by atoms with E-state index in [0.717, 1.165) is 72.1 Å². The lowest BCUT2D eigenvalue weighted by Gasteiger charge is -2.72. The zero-order valence-corrected chi connectivity index (χ0v) is 25.5. The van der Waals surface area contributed by atoms with E-state index in [9.17, 15) is 0 Å². The highest BCUT2D eigenvalue weighted by Gasteiger charge is 2.67. The van der Waals surface area contributed by atoms with Crippen LogP contribution in [0.15, 0.2) is 0 Å². The molecule has 0 spiro atoms. The number of piperidine rings is 1. The normalized spacial score (nSPS) is 26.7. The number of hydrogen-bond acceptors (Lipinski definition) is 7. The molecule has 214 valence electrons. The van der Waals surface area contributed by atoms with Crippen molar-refractivity contribution in [3.05, 3.63) is 0 Å². The minimum absolute atomic E-state index is 0.112. The molecule has 0 amide bonds. The van der Waals surface area contributed by atoms with Crippen molar-refractivity contribution in [1.82, 2.24) is 29.6 Å². The van der Waals surface area contributed by atoms with Crippen LogP contribution < -0.4 is 0 Å². The van der Waals surface area contributed by atoms with Crippen LogP contribution in [0.1, 0.15) is 92.9 Å². The van der Waals surface area contributed by atoms with Crippen LogP contribution in [0.5, 0.6) is 0 Å². The molecule has 2 rings (SSSR count). The van der Waals surface area contributed by atoms with Gasteiger partial charge in [0.15, 0.2) is 5.79 Å². The molecule has 2 aliphatic rings. The van der Waals surface area contributed by atoms with E-state index in [1.807, 2.05) is 0 Å². The molecule has 36 heavy (non-hydrogen) atoms. The van der Waals surface area contributed by atoms with Crippen LogP contribution in [-0.2, 0) is 4.74 Å². The number of hydrogen-bond donors (Lipinski definition) is 0. The summed E-state index contributed by atoms with van der Waals surface area (Å²) in [7, 11) is 4.73. The summed E-state index contributed by atoms with van der Waals surface area (Å²) < 4.78 is 5.88. The quantitative estimate of drug-likeness (QED) is 0.264. The predicted octanol–water partition coefficient (Wildman–Crippen LogP) is 4.61. The van der Waals surface area contributed by atoms with E-state index < -0.39 is 0 Å². The second-order valence-corrected chi connectivity index (χ2v) is 11.0. The van der Waals surface area contributed by atoms with Gasteiger partial charge in [-0.1, -0.05) is 54.4 Å². The van der Waals surface area contributed by atoms with Crippen LogP contribution in [-0.4, -0.2) is 127 Å². The lowest BCUT2D eigenvalue weighted by atomic mass is 9.82. The van der Waals surface area contributed by atoms with E-state index in [4.69, 9.17) is 4.74 Å². The van der Waals surface area contributed by atoms with Gasteiger partial charge in [0.25, 0.3) is 0 Å². The molecule has 2 heterocycles. The first kappa shape index (κ1) is 31.9. The smallest absolute Gasteiger partial charge is 0.177 e. The first-order valence-corrected chi connectivity index (χ1v) is 15.5. The molecule has 0 aromatic rings. The molecular formula is C29H62N6O. The minimum atomic E-state index is -0.228. The largest absolute Gasteiger partial charge is 0.379 e. The number of morpholine rings is 1. The maximum absolute atomic E-state index is 5.88. The molecule has 0 aromatic heterocycles. The molecule has 2 unspecified atom stereocenters. The second kappa shape index (κ2) is 16.0. The Hall–Kier alpha value is -0.280. The second-order valence-electron chi connectivity index (χ2n) is 11.0. The Morgan fingerprint density at radius 2 is 1.19 bits per heavy atom. The highest BCUT2D eigenvalue weighted by molar-refractivity contribution is 5.12. The fourth-order valence-corrected chi connectivity index (χ4v) is 7.18. The van der Waals surface area contributed by atoms with Crippen molar-refractivity contribution >= 4 is 0 Å². The lowest BCUT2D eigenvalue weighted by molar-refractivity contribution is -0.353. The summed E-state index contributed by atoms with van der Waals surface area (Å²) in [5.41, 5.74) is -0.112. The predicted molar refractivity (Wildman–Crippen MR) is 154 cm³/mol. The van der Waals surface area contributed by atoms with Gasteiger partial charge in [-0.3, -0.25) is 19.6 Å². The van der Waals surface area contributed by atoms with Gasteiger partial charge >= 0.3 is 0 Å². The third-order valence-electron chi connectivity index (χ3n) is 8.58. The van der Waals surface area contributed by atoms with Gasteiger partial charge in [-0.15, -0.1) is 0 Å². The summed E-state index contributed by atoms with van der Waals surface area (Å²) >= 11 is 0. The Morgan fingerprint density at radius 1 is 0.667 bits per heavy atom. The third kappa shape index (κ3) is 6.30. The van der Waals surface area contributed by atoms with Crippen molar-refractivity contribution in [3.8, 4) is 0 Å². The van der Waals surface area contributed by atoms with Crippen molar-refractivity contribution in [3.63, 3.8) is 0 Å². The summed E-state index contributed by atoms with van der Waals surface area (Å²) in [6, 6.07) is 0. The number of rotatable bonds is 17. The highest BCUT2D eigenvalue weighted by atomic mass is 16.5. The van der Waals surface area contributed by atoms with Crippen LogP contribution in [0, 0.1) is 0 Å². The average molecular weight is 511 g/mol. The Morgan fingerprint density at radius 3 is 1.64 bits per heavy atom. The maximum atomic E-state index is 5.88. The summed E-state index contributed by atoms with van der Waals surface area (Å²) in [5.74, 6) is -0.228. The highest BCUT2D eigenvalue weighted by Crippen LogP contribution is 2.48. The van der Waals surface area contributed by atoms with Crippen LogP contribution in [0.3, 0.4) is 0 Å². The topological polar surface area (TPSA) is 28.7 Å². The van der Waals surface area contributed by atoms with Crippen molar-refractivity contribution in [2.24, 2.45) is 0 Å². The van der Waals surface area contributed by atoms with Gasteiger partial charge in [0.1, 0.15) is 5.66 Å². The first-order valence-electron chi connectivity index (χ1n) is 15.5. The van der Waals surface area contributed by atoms with Crippen LogP contribution in [0.4, 0.5) is 0 Å². The molecule has 2 fully saturated rings. The van der Waals surface area contributed by atoms with Gasteiger partial charge in [0.2, 0.25) is 0 Å². The Balaban J connectivity index is 2.93. The van der Waals surface area contributed by atoms with Crippen LogP contribution in [0.2, 0.25) is 0 Å². The SMILES string of the molecule is CCCCN(CCCC)C1(N(CCC)CCC)N(N2CCOCC2)CCCC1(N(C)C)N(CC)CC. The molecule has 7 heteroatoms. The van der Waals surface area contributed by atoms with Gasteiger partial charge in [-0.25, -0.2) is 10.0 Å². The fourth-order valence-electron chi connectivity index (χ4n) is 7.18. The zero-order chi connectivity index (χ0) is 26.6. The molecule has 0 saturated carbocycles. The Bertz CT molecular complexity index is 568. The monoisotopic (exact) mass is 510 g/mol. The van der Waals surface area contributed by atoms with E-state index in [1.54, 1.807) is 0 Å². The van der Waals surface area contributed by atoms with E-state index in [-0.39, 0.29) is 11.4 Å². The Labute approximate surface area is 225 Å². The van der Waals surface area contributed by atoms with Crippen molar-refractivity contribution < 1.29 is 4.74 Å². The first-order chi connectivity index (χ1) is 17.5. The fraction of sp³-hybridized carbons (Fsp3) is 1.00. The number of hydrazine groups is 1. The molecular weight excluding hydrogens is 448 g/mol. The van der Waals surface area contributed by atoms with Crippen molar-refractivity contribution in [1.29, 1.82) is 0 Å². The maximum Gasteiger partial charge on any atom is 0.177 e. The average Bonchev–Trinajstić information content (AvgIpc) is 2.89. The summed E-state index contributed by atoms with van der Waals surface area (Å²) in [5, 5.41) is 5.56.